The van der Waals surface area contributed by atoms with Crippen LogP contribution in [-0.2, 0) is 14.3 Å². The first kappa shape index (κ1) is 22.8. The van der Waals surface area contributed by atoms with E-state index in [4.69, 9.17) is 9.47 Å². The summed E-state index contributed by atoms with van der Waals surface area (Å²) < 4.78 is 11.6. The highest BCUT2D eigenvalue weighted by Gasteiger charge is 2.49. The van der Waals surface area contributed by atoms with Crippen molar-refractivity contribution in [1.29, 1.82) is 0 Å². The van der Waals surface area contributed by atoms with Crippen LogP contribution in [0.25, 0.3) is 0 Å². The Bertz CT molecular complexity index is 652. The largest absolute Gasteiger partial charge is 0.394 e. The van der Waals surface area contributed by atoms with E-state index in [1.54, 1.807) is 13.8 Å². The lowest BCUT2D eigenvalue weighted by atomic mass is 9.81. The van der Waals surface area contributed by atoms with Crippen molar-refractivity contribution in [2.75, 3.05) is 6.61 Å². The van der Waals surface area contributed by atoms with Gasteiger partial charge in [-0.1, -0.05) is 12.5 Å². The molecule has 0 aromatic carbocycles. The second-order valence-corrected chi connectivity index (χ2v) is 9.43. The number of aliphatic hydroxyl groups is 5. The first-order valence-electron chi connectivity index (χ1n) is 10.4. The minimum atomic E-state index is -1.52. The summed E-state index contributed by atoms with van der Waals surface area (Å²) in [7, 11) is 0. The van der Waals surface area contributed by atoms with E-state index in [1.165, 1.54) is 0 Å². The van der Waals surface area contributed by atoms with Crippen LogP contribution < -0.4 is 0 Å². The Labute approximate surface area is 171 Å². The third kappa shape index (κ3) is 4.30. The lowest BCUT2D eigenvalue weighted by Crippen LogP contribution is -2.60. The van der Waals surface area contributed by atoms with Gasteiger partial charge in [-0.2, -0.15) is 0 Å². The summed E-state index contributed by atoms with van der Waals surface area (Å²) >= 11 is 0. The van der Waals surface area contributed by atoms with E-state index < -0.39 is 49.0 Å². The second-order valence-electron chi connectivity index (χ2n) is 9.43. The van der Waals surface area contributed by atoms with Gasteiger partial charge in [-0.25, -0.2) is 0 Å². The lowest BCUT2D eigenvalue weighted by Gasteiger charge is -2.43. The van der Waals surface area contributed by atoms with Crippen molar-refractivity contribution in [3.8, 4) is 0 Å². The molecule has 8 heteroatoms. The number of ether oxygens (including phenoxy) is 2. The van der Waals surface area contributed by atoms with Crippen molar-refractivity contribution in [2.45, 2.75) is 89.4 Å². The molecule has 0 bridgehead atoms. The van der Waals surface area contributed by atoms with Crippen molar-refractivity contribution >= 4 is 5.78 Å². The summed E-state index contributed by atoms with van der Waals surface area (Å²) in [5.41, 5.74) is 0.714. The van der Waals surface area contributed by atoms with Gasteiger partial charge in [0.05, 0.1) is 18.3 Å². The number of aliphatic hydroxyl groups excluding tert-OH is 4. The number of fused-ring (bicyclic) bond motifs is 1. The Kier molecular flexibility index (Phi) is 6.56. The molecule has 0 aromatic heterocycles. The fourth-order valence-electron chi connectivity index (χ4n) is 5.05. The summed E-state index contributed by atoms with van der Waals surface area (Å²) in [4.78, 5) is 12.3. The quantitative estimate of drug-likeness (QED) is 0.430. The molecule has 8 nitrogen and oxygen atoms in total. The Morgan fingerprint density at radius 2 is 1.79 bits per heavy atom. The van der Waals surface area contributed by atoms with E-state index in [-0.39, 0.29) is 23.5 Å². The number of hydrogen-bond acceptors (Lipinski definition) is 8. The van der Waals surface area contributed by atoms with Crippen LogP contribution in [0.5, 0.6) is 0 Å². The average Bonchev–Trinajstić information content (AvgIpc) is 2.84. The van der Waals surface area contributed by atoms with Crippen molar-refractivity contribution in [3.63, 3.8) is 0 Å². The average molecular weight is 414 g/mol. The zero-order valence-corrected chi connectivity index (χ0v) is 17.5. The van der Waals surface area contributed by atoms with Gasteiger partial charge in [0.15, 0.2) is 12.1 Å². The molecule has 9 atom stereocenters. The molecule has 0 radical (unpaired) electrons. The summed E-state index contributed by atoms with van der Waals surface area (Å²) in [5.74, 6) is 0.0159. The minimum Gasteiger partial charge on any atom is -0.394 e. The van der Waals surface area contributed by atoms with E-state index in [0.29, 0.717) is 19.3 Å². The minimum absolute atomic E-state index is 0.107. The number of allylic oxidation sites excluding steroid dienone is 2. The molecule has 0 aromatic rings. The molecule has 3 rings (SSSR count). The third-order valence-corrected chi connectivity index (χ3v) is 7.00. The number of Topliss-reactive ketones (excluding diaryl/α,β-unsaturated/α-hetero) is 1. The monoisotopic (exact) mass is 414 g/mol. The van der Waals surface area contributed by atoms with Crippen molar-refractivity contribution in [1.82, 2.24) is 0 Å². The summed E-state index contributed by atoms with van der Waals surface area (Å²) in [6.07, 6.45) is -5.76. The van der Waals surface area contributed by atoms with E-state index in [0.717, 1.165) is 11.1 Å². The maximum Gasteiger partial charge on any atom is 0.186 e. The van der Waals surface area contributed by atoms with Crippen molar-refractivity contribution in [2.24, 2.45) is 17.8 Å². The van der Waals surface area contributed by atoms with Gasteiger partial charge in [0.25, 0.3) is 0 Å². The Morgan fingerprint density at radius 1 is 1.14 bits per heavy atom. The summed E-state index contributed by atoms with van der Waals surface area (Å²) in [6, 6.07) is 0. The van der Waals surface area contributed by atoms with Crippen LogP contribution in [0.2, 0.25) is 0 Å². The Morgan fingerprint density at radius 3 is 2.38 bits per heavy atom. The fraction of sp³-hybridized carbons (Fsp3) is 0.857. The smallest absolute Gasteiger partial charge is 0.186 e. The molecular formula is C21H34O8. The van der Waals surface area contributed by atoms with Crippen molar-refractivity contribution < 1.29 is 39.8 Å². The number of hydrogen-bond donors (Lipinski definition) is 5. The molecule has 0 amide bonds. The molecule has 3 aliphatic rings. The molecule has 1 saturated carbocycles. The maximum absolute atomic E-state index is 12.3. The predicted molar refractivity (Wildman–Crippen MR) is 103 cm³/mol. The van der Waals surface area contributed by atoms with Gasteiger partial charge in [0.1, 0.15) is 24.4 Å². The van der Waals surface area contributed by atoms with Crippen LogP contribution in [0.15, 0.2) is 11.1 Å². The molecule has 1 saturated heterocycles. The highest BCUT2D eigenvalue weighted by molar-refractivity contribution is 5.98. The van der Waals surface area contributed by atoms with E-state index >= 15 is 0 Å². The number of carbonyl (C=O) groups excluding carboxylic acids is 1. The molecule has 166 valence electrons. The standard InChI is InChI=1S/C21H34O8/c1-9-5-15(28-20-19(26)18(25)17(24)16(8-22)29-20)13(21(3,4)27)6-12-10(2)14(23)7-11(9)12/h9,11,13,15-20,22,24-27H,5-8H2,1-4H3/t9-,11+,13-,15+,16+,17+,18-,19+,20+/m0/s1. The zero-order valence-electron chi connectivity index (χ0n) is 17.5. The van der Waals surface area contributed by atoms with Gasteiger partial charge < -0.3 is 35.0 Å². The number of carbonyl (C=O) groups is 1. The van der Waals surface area contributed by atoms with E-state index in [1.807, 2.05) is 13.8 Å². The Hall–Kier alpha value is -0.870. The molecule has 0 unspecified atom stereocenters. The van der Waals surface area contributed by atoms with Gasteiger partial charge in [-0.15, -0.1) is 0 Å². The van der Waals surface area contributed by atoms with Crippen LogP contribution >= 0.6 is 0 Å². The van der Waals surface area contributed by atoms with E-state index in [2.05, 4.69) is 0 Å². The summed E-state index contributed by atoms with van der Waals surface area (Å²) in [6.45, 7) is 6.74. The van der Waals surface area contributed by atoms with Crippen LogP contribution in [-0.4, -0.2) is 80.3 Å². The number of ketones is 1. The van der Waals surface area contributed by atoms with Crippen LogP contribution in [0.4, 0.5) is 0 Å². The normalized spacial score (nSPS) is 44.0. The van der Waals surface area contributed by atoms with Crippen molar-refractivity contribution in [3.05, 3.63) is 11.1 Å². The van der Waals surface area contributed by atoms with Gasteiger partial charge in [0.2, 0.25) is 0 Å². The van der Waals surface area contributed by atoms with Crippen LogP contribution in [0.1, 0.15) is 47.0 Å². The topological polar surface area (TPSA) is 137 Å². The number of rotatable bonds is 4. The van der Waals surface area contributed by atoms with Crippen LogP contribution in [0.3, 0.4) is 0 Å². The Balaban J connectivity index is 1.88. The molecule has 5 N–H and O–H groups in total. The lowest BCUT2D eigenvalue weighted by molar-refractivity contribution is -0.319. The van der Waals surface area contributed by atoms with Gasteiger partial charge in [0, 0.05) is 12.3 Å². The zero-order chi connectivity index (χ0) is 21.7. The second kappa shape index (κ2) is 8.34. The SMILES string of the molecule is CC1=C2C[C@H](C(C)(C)O)[C@H](O[C@@H]3O[C@H](CO)[C@@H](O)[C@H](O)[C@H]3O)C[C@H](C)[C@H]2CC1=O. The van der Waals surface area contributed by atoms with E-state index in [9.17, 15) is 30.3 Å². The maximum atomic E-state index is 12.3. The first-order chi connectivity index (χ1) is 13.5. The molecule has 0 spiro atoms. The van der Waals surface area contributed by atoms with Gasteiger partial charge in [-0.05, 0) is 51.0 Å². The molecule has 29 heavy (non-hydrogen) atoms. The predicted octanol–water partition coefficient (Wildman–Crippen LogP) is -0.106. The first-order valence-corrected chi connectivity index (χ1v) is 10.4. The highest BCUT2D eigenvalue weighted by atomic mass is 16.7. The molecule has 1 aliphatic heterocycles. The van der Waals surface area contributed by atoms with Crippen LogP contribution in [0, 0.1) is 17.8 Å². The molecule has 2 fully saturated rings. The molecule has 1 heterocycles. The molecule has 2 aliphatic carbocycles. The van der Waals surface area contributed by atoms with Gasteiger partial charge in [-0.3, -0.25) is 4.79 Å². The van der Waals surface area contributed by atoms with Gasteiger partial charge >= 0.3 is 0 Å². The highest BCUT2D eigenvalue weighted by Crippen LogP contribution is 2.47. The molecular weight excluding hydrogens is 380 g/mol. The fourth-order valence-corrected chi connectivity index (χ4v) is 5.05. The summed E-state index contributed by atoms with van der Waals surface area (Å²) in [5, 5.41) is 50.7. The third-order valence-electron chi connectivity index (χ3n) is 7.00.